The Morgan fingerprint density at radius 3 is 2.58 bits per heavy atom. The lowest BCUT2D eigenvalue weighted by Gasteiger charge is -2.13. The molecule has 0 saturated heterocycles. The highest BCUT2D eigenvalue weighted by Gasteiger charge is 2.09. The molecule has 2 nitrogen and oxygen atoms in total. The number of halogens is 1. The summed E-state index contributed by atoms with van der Waals surface area (Å²) in [5, 5.41) is 0.581. The van der Waals surface area contributed by atoms with Crippen LogP contribution >= 0.6 is 11.6 Å². The molecule has 0 spiro atoms. The van der Waals surface area contributed by atoms with Gasteiger partial charge >= 0.3 is 0 Å². The fraction of sp³-hybridized carbons (Fsp3) is 0.250. The van der Waals surface area contributed by atoms with Crippen LogP contribution in [0.4, 0.5) is 0 Å². The largest absolute Gasteiger partial charge is 0.455 e. The molecule has 2 aromatic carbocycles. The molecule has 0 unspecified atom stereocenters. The van der Waals surface area contributed by atoms with E-state index in [-0.39, 0.29) is 0 Å². The molecule has 2 aromatic rings. The number of hydrogen-bond acceptors (Lipinski definition) is 2. The maximum absolute atomic E-state index is 6.18. The molecule has 0 aromatic heterocycles. The molecule has 3 heteroatoms. The Hall–Kier alpha value is -1.51. The molecular formula is C16H18ClNO. The maximum atomic E-state index is 6.18. The van der Waals surface area contributed by atoms with Crippen molar-refractivity contribution in [3.63, 3.8) is 0 Å². The first-order chi connectivity index (χ1) is 9.11. The smallest absolute Gasteiger partial charge is 0.150 e. The van der Waals surface area contributed by atoms with Crippen LogP contribution in [0, 0.1) is 0 Å². The molecule has 0 heterocycles. The third-order valence-corrected chi connectivity index (χ3v) is 3.31. The van der Waals surface area contributed by atoms with Crippen LogP contribution in [-0.2, 0) is 6.54 Å². The first kappa shape index (κ1) is 13.9. The molecule has 0 radical (unpaired) electrons. The summed E-state index contributed by atoms with van der Waals surface area (Å²) in [7, 11) is 0. The Morgan fingerprint density at radius 1 is 1.16 bits per heavy atom. The van der Waals surface area contributed by atoms with Crippen molar-refractivity contribution in [1.82, 2.24) is 0 Å². The summed E-state index contributed by atoms with van der Waals surface area (Å²) in [5.41, 5.74) is 7.85. The molecule has 2 N–H and O–H groups in total. The number of hydrogen-bond donors (Lipinski definition) is 1. The number of rotatable bonds is 4. The van der Waals surface area contributed by atoms with Crippen molar-refractivity contribution in [2.45, 2.75) is 26.3 Å². The van der Waals surface area contributed by atoms with Gasteiger partial charge in [-0.1, -0.05) is 49.7 Å². The summed E-state index contributed by atoms with van der Waals surface area (Å²) in [4.78, 5) is 0. The van der Waals surface area contributed by atoms with Crippen molar-refractivity contribution in [1.29, 1.82) is 0 Å². The Kier molecular flexibility index (Phi) is 4.46. The highest BCUT2D eigenvalue weighted by atomic mass is 35.5. The minimum absolute atomic E-state index is 0.403. The van der Waals surface area contributed by atoms with E-state index in [1.165, 1.54) is 5.56 Å². The van der Waals surface area contributed by atoms with Gasteiger partial charge in [-0.05, 0) is 29.7 Å². The van der Waals surface area contributed by atoms with Gasteiger partial charge in [0.05, 0.1) is 5.02 Å². The predicted molar refractivity (Wildman–Crippen MR) is 79.9 cm³/mol. The second-order valence-corrected chi connectivity index (χ2v) is 5.17. The van der Waals surface area contributed by atoms with Gasteiger partial charge in [0.15, 0.2) is 0 Å². The number of ether oxygens (including phenoxy) is 1. The zero-order valence-electron chi connectivity index (χ0n) is 11.2. The van der Waals surface area contributed by atoms with E-state index in [1.54, 1.807) is 0 Å². The van der Waals surface area contributed by atoms with Crippen molar-refractivity contribution in [3.8, 4) is 11.5 Å². The van der Waals surface area contributed by atoms with E-state index in [4.69, 9.17) is 22.1 Å². The molecule has 0 saturated carbocycles. The van der Waals surface area contributed by atoms with E-state index >= 15 is 0 Å². The van der Waals surface area contributed by atoms with E-state index in [2.05, 4.69) is 19.9 Å². The standard InChI is InChI=1S/C16H18ClNO/c1-11(2)12-5-3-7-14(9-12)19-16-13(10-18)6-4-8-15(16)17/h3-9,11H,10,18H2,1-2H3. The lowest BCUT2D eigenvalue weighted by atomic mass is 10.0. The van der Waals surface area contributed by atoms with E-state index < -0.39 is 0 Å². The molecule has 0 atom stereocenters. The fourth-order valence-corrected chi connectivity index (χ4v) is 2.12. The van der Waals surface area contributed by atoms with Gasteiger partial charge in [0.25, 0.3) is 0 Å². The van der Waals surface area contributed by atoms with Gasteiger partial charge < -0.3 is 10.5 Å². The first-order valence-electron chi connectivity index (χ1n) is 6.37. The van der Waals surface area contributed by atoms with Crippen LogP contribution in [0.15, 0.2) is 42.5 Å². The van der Waals surface area contributed by atoms with Crippen LogP contribution in [0.25, 0.3) is 0 Å². The zero-order valence-corrected chi connectivity index (χ0v) is 11.9. The van der Waals surface area contributed by atoms with Crippen molar-refractivity contribution < 1.29 is 4.74 Å². The average Bonchev–Trinajstić information content (AvgIpc) is 2.41. The first-order valence-corrected chi connectivity index (χ1v) is 6.75. The molecule has 100 valence electrons. The SMILES string of the molecule is CC(C)c1cccc(Oc2c(Cl)cccc2CN)c1. The Bertz CT molecular complexity index is 566. The lowest BCUT2D eigenvalue weighted by molar-refractivity contribution is 0.475. The summed E-state index contributed by atoms with van der Waals surface area (Å²) in [6.45, 7) is 4.71. The van der Waals surface area contributed by atoms with Crippen LogP contribution in [0.2, 0.25) is 5.02 Å². The fourth-order valence-electron chi connectivity index (χ4n) is 1.88. The average molecular weight is 276 g/mol. The molecule has 0 fully saturated rings. The summed E-state index contributed by atoms with van der Waals surface area (Å²) >= 11 is 6.18. The minimum Gasteiger partial charge on any atom is -0.455 e. The third kappa shape index (κ3) is 3.28. The minimum atomic E-state index is 0.403. The number of benzene rings is 2. The van der Waals surface area contributed by atoms with Gasteiger partial charge in [-0.3, -0.25) is 0 Å². The molecule has 0 aliphatic carbocycles. The van der Waals surface area contributed by atoms with Crippen molar-refractivity contribution in [2.24, 2.45) is 5.73 Å². The van der Waals surface area contributed by atoms with E-state index in [1.807, 2.05) is 36.4 Å². The zero-order chi connectivity index (χ0) is 13.8. The van der Waals surface area contributed by atoms with Gasteiger partial charge in [-0.15, -0.1) is 0 Å². The Labute approximate surface area is 119 Å². The topological polar surface area (TPSA) is 35.2 Å². The van der Waals surface area contributed by atoms with Crippen LogP contribution in [0.3, 0.4) is 0 Å². The molecule has 0 bridgehead atoms. The van der Waals surface area contributed by atoms with Gasteiger partial charge in [0.2, 0.25) is 0 Å². The van der Waals surface area contributed by atoms with Crippen molar-refractivity contribution in [2.75, 3.05) is 0 Å². The molecule has 0 amide bonds. The van der Waals surface area contributed by atoms with Crippen LogP contribution in [-0.4, -0.2) is 0 Å². The van der Waals surface area contributed by atoms with Gasteiger partial charge in [0, 0.05) is 12.1 Å². The summed E-state index contributed by atoms with van der Waals surface area (Å²) < 4.78 is 5.91. The number of nitrogens with two attached hydrogens (primary N) is 1. The summed E-state index contributed by atoms with van der Waals surface area (Å²) in [6.07, 6.45) is 0. The highest BCUT2D eigenvalue weighted by Crippen LogP contribution is 2.33. The summed E-state index contributed by atoms with van der Waals surface area (Å²) in [6, 6.07) is 13.7. The van der Waals surface area contributed by atoms with Gasteiger partial charge in [-0.25, -0.2) is 0 Å². The third-order valence-electron chi connectivity index (χ3n) is 3.01. The Morgan fingerprint density at radius 2 is 1.89 bits per heavy atom. The Balaban J connectivity index is 2.33. The van der Waals surface area contributed by atoms with E-state index in [9.17, 15) is 0 Å². The van der Waals surface area contributed by atoms with Gasteiger partial charge in [-0.2, -0.15) is 0 Å². The quantitative estimate of drug-likeness (QED) is 0.877. The second-order valence-electron chi connectivity index (χ2n) is 4.76. The second kappa shape index (κ2) is 6.09. The summed E-state index contributed by atoms with van der Waals surface area (Å²) in [5.74, 6) is 1.89. The highest BCUT2D eigenvalue weighted by molar-refractivity contribution is 6.32. The van der Waals surface area contributed by atoms with Crippen LogP contribution in [0.1, 0.15) is 30.9 Å². The molecular weight excluding hydrogens is 258 g/mol. The van der Waals surface area contributed by atoms with Gasteiger partial charge in [0.1, 0.15) is 11.5 Å². The predicted octanol–water partition coefficient (Wildman–Crippen LogP) is 4.71. The van der Waals surface area contributed by atoms with E-state index in [0.29, 0.717) is 23.2 Å². The normalized spacial score (nSPS) is 10.8. The lowest BCUT2D eigenvalue weighted by Crippen LogP contribution is -2.00. The van der Waals surface area contributed by atoms with Crippen LogP contribution < -0.4 is 10.5 Å². The molecule has 2 rings (SSSR count). The van der Waals surface area contributed by atoms with Crippen molar-refractivity contribution >= 4 is 11.6 Å². The monoisotopic (exact) mass is 275 g/mol. The molecule has 0 aliphatic heterocycles. The van der Waals surface area contributed by atoms with E-state index in [0.717, 1.165) is 11.3 Å². The maximum Gasteiger partial charge on any atom is 0.150 e. The van der Waals surface area contributed by atoms with Crippen LogP contribution in [0.5, 0.6) is 11.5 Å². The van der Waals surface area contributed by atoms with Crippen molar-refractivity contribution in [3.05, 3.63) is 58.6 Å². The molecule has 19 heavy (non-hydrogen) atoms. The number of para-hydroxylation sites is 1. The molecule has 0 aliphatic rings.